The van der Waals surface area contributed by atoms with Gasteiger partial charge in [0.15, 0.2) is 5.13 Å². The Kier molecular flexibility index (Phi) is 5.74. The van der Waals surface area contributed by atoms with Gasteiger partial charge in [-0.05, 0) is 38.1 Å². The van der Waals surface area contributed by atoms with Crippen molar-refractivity contribution >= 4 is 28.3 Å². The zero-order chi connectivity index (χ0) is 20.3. The number of hydrogen-bond donors (Lipinski definition) is 1. The lowest BCUT2D eigenvalue weighted by atomic mass is 10.1. The molecule has 1 amide bonds. The monoisotopic (exact) mass is 403 g/mol. The summed E-state index contributed by atoms with van der Waals surface area (Å²) < 4.78 is 32.6. The Morgan fingerprint density at radius 2 is 1.86 bits per heavy atom. The number of halogens is 2. The number of pyridine rings is 1. The number of rotatable bonds is 5. The SMILES string of the molecule is CCOC(=O)c1ccc(C(=O)Nc2nc(-c3c(F)cccc3F)cs2)nc1C. The Morgan fingerprint density at radius 3 is 2.50 bits per heavy atom. The van der Waals surface area contributed by atoms with Crippen molar-refractivity contribution in [3.05, 3.63) is 64.3 Å². The van der Waals surface area contributed by atoms with E-state index in [2.05, 4.69) is 15.3 Å². The summed E-state index contributed by atoms with van der Waals surface area (Å²) in [5, 5.41) is 4.14. The predicted molar refractivity (Wildman–Crippen MR) is 100 cm³/mol. The van der Waals surface area contributed by atoms with Crippen LogP contribution in [0.2, 0.25) is 0 Å². The third-order valence-corrected chi connectivity index (χ3v) is 4.52. The number of esters is 1. The van der Waals surface area contributed by atoms with E-state index in [1.165, 1.54) is 23.6 Å². The van der Waals surface area contributed by atoms with Crippen molar-refractivity contribution in [3.63, 3.8) is 0 Å². The molecule has 0 aliphatic rings. The highest BCUT2D eigenvalue weighted by molar-refractivity contribution is 7.14. The van der Waals surface area contributed by atoms with Crippen LogP contribution in [-0.2, 0) is 4.74 Å². The van der Waals surface area contributed by atoms with E-state index in [-0.39, 0.29) is 34.3 Å². The predicted octanol–water partition coefficient (Wildman–Crippen LogP) is 4.22. The number of benzene rings is 1. The molecule has 0 radical (unpaired) electrons. The van der Waals surface area contributed by atoms with Gasteiger partial charge in [0, 0.05) is 5.38 Å². The first kappa shape index (κ1) is 19.6. The van der Waals surface area contributed by atoms with Gasteiger partial charge in [-0.3, -0.25) is 10.1 Å². The van der Waals surface area contributed by atoms with Gasteiger partial charge in [0.25, 0.3) is 5.91 Å². The molecule has 0 fully saturated rings. The largest absolute Gasteiger partial charge is 0.462 e. The Morgan fingerprint density at radius 1 is 1.14 bits per heavy atom. The molecule has 9 heteroatoms. The third-order valence-electron chi connectivity index (χ3n) is 3.76. The van der Waals surface area contributed by atoms with Gasteiger partial charge in [-0.15, -0.1) is 11.3 Å². The van der Waals surface area contributed by atoms with Crippen LogP contribution >= 0.6 is 11.3 Å². The van der Waals surface area contributed by atoms with Crippen molar-refractivity contribution in [2.24, 2.45) is 0 Å². The van der Waals surface area contributed by atoms with Crippen LogP contribution in [0.5, 0.6) is 0 Å². The second kappa shape index (κ2) is 8.22. The zero-order valence-electron chi connectivity index (χ0n) is 15.0. The summed E-state index contributed by atoms with van der Waals surface area (Å²) >= 11 is 1.03. The zero-order valence-corrected chi connectivity index (χ0v) is 15.8. The fourth-order valence-corrected chi connectivity index (χ4v) is 3.16. The van der Waals surface area contributed by atoms with E-state index < -0.39 is 23.5 Å². The molecule has 144 valence electrons. The molecule has 1 N–H and O–H groups in total. The Balaban J connectivity index is 1.78. The molecular formula is C19H15F2N3O3S. The summed E-state index contributed by atoms with van der Waals surface area (Å²) in [7, 11) is 0. The third kappa shape index (κ3) is 4.04. The summed E-state index contributed by atoms with van der Waals surface area (Å²) in [4.78, 5) is 32.4. The average Bonchev–Trinajstić information content (AvgIpc) is 3.09. The molecule has 0 saturated carbocycles. The Labute approximate surface area is 163 Å². The molecule has 2 aromatic heterocycles. The topological polar surface area (TPSA) is 81.2 Å². The summed E-state index contributed by atoms with van der Waals surface area (Å²) in [6.07, 6.45) is 0. The van der Waals surface area contributed by atoms with Crippen LogP contribution in [0.15, 0.2) is 35.7 Å². The molecule has 3 aromatic rings. The van der Waals surface area contributed by atoms with Crippen molar-refractivity contribution < 1.29 is 23.1 Å². The molecule has 3 rings (SSSR count). The van der Waals surface area contributed by atoms with Gasteiger partial charge >= 0.3 is 5.97 Å². The van der Waals surface area contributed by atoms with Crippen molar-refractivity contribution in [2.45, 2.75) is 13.8 Å². The maximum Gasteiger partial charge on any atom is 0.339 e. The molecule has 0 bridgehead atoms. The highest BCUT2D eigenvalue weighted by Crippen LogP contribution is 2.29. The second-order valence-corrected chi connectivity index (χ2v) is 6.50. The maximum atomic E-state index is 13.9. The van der Waals surface area contributed by atoms with Crippen molar-refractivity contribution in [2.75, 3.05) is 11.9 Å². The first-order valence-corrected chi connectivity index (χ1v) is 9.14. The number of carbonyl (C=O) groups is 2. The minimum absolute atomic E-state index is 0.0689. The lowest BCUT2D eigenvalue weighted by Crippen LogP contribution is -2.16. The van der Waals surface area contributed by atoms with Crippen LogP contribution < -0.4 is 5.32 Å². The van der Waals surface area contributed by atoms with Gasteiger partial charge in [0.05, 0.1) is 29.1 Å². The number of hydrogen-bond acceptors (Lipinski definition) is 6. The van der Waals surface area contributed by atoms with E-state index in [1.54, 1.807) is 13.8 Å². The van der Waals surface area contributed by atoms with Crippen LogP contribution in [0.4, 0.5) is 13.9 Å². The number of nitrogens with one attached hydrogen (secondary N) is 1. The van der Waals surface area contributed by atoms with Crippen LogP contribution in [0.25, 0.3) is 11.3 Å². The van der Waals surface area contributed by atoms with Gasteiger partial charge in [-0.1, -0.05) is 6.07 Å². The lowest BCUT2D eigenvalue weighted by molar-refractivity contribution is 0.0524. The van der Waals surface area contributed by atoms with E-state index in [1.807, 2.05) is 0 Å². The molecular weight excluding hydrogens is 388 g/mol. The molecule has 1 aromatic carbocycles. The average molecular weight is 403 g/mol. The van der Waals surface area contributed by atoms with E-state index in [4.69, 9.17) is 4.74 Å². The van der Waals surface area contributed by atoms with Crippen molar-refractivity contribution in [1.29, 1.82) is 0 Å². The number of nitrogens with zero attached hydrogens (tertiary/aromatic N) is 2. The van der Waals surface area contributed by atoms with Crippen molar-refractivity contribution in [3.8, 4) is 11.3 Å². The van der Waals surface area contributed by atoms with Gasteiger partial charge in [0.2, 0.25) is 0 Å². The van der Waals surface area contributed by atoms with E-state index >= 15 is 0 Å². The smallest absolute Gasteiger partial charge is 0.339 e. The first-order chi connectivity index (χ1) is 13.4. The highest BCUT2D eigenvalue weighted by atomic mass is 32.1. The molecule has 2 heterocycles. The van der Waals surface area contributed by atoms with Gasteiger partial charge in [0.1, 0.15) is 17.3 Å². The number of amides is 1. The minimum Gasteiger partial charge on any atom is -0.462 e. The van der Waals surface area contributed by atoms with Gasteiger partial charge < -0.3 is 4.74 Å². The van der Waals surface area contributed by atoms with E-state index in [0.29, 0.717) is 5.69 Å². The number of ether oxygens (including phenoxy) is 1. The standard InChI is InChI=1S/C19H15F2N3O3S/c1-3-27-18(26)11-7-8-14(22-10(11)2)17(25)24-19-23-15(9-28-19)16-12(20)5-4-6-13(16)21/h4-9H,3H2,1-2H3,(H,23,24,25). The number of aryl methyl sites for hydroxylation is 1. The van der Waals surface area contributed by atoms with Crippen LogP contribution in [-0.4, -0.2) is 28.5 Å². The summed E-state index contributed by atoms with van der Waals surface area (Å²) in [5.74, 6) is -2.56. The quantitative estimate of drug-likeness (QED) is 0.645. The number of carbonyl (C=O) groups excluding carboxylic acids is 2. The minimum atomic E-state index is -0.741. The van der Waals surface area contributed by atoms with Crippen LogP contribution in [0, 0.1) is 18.6 Å². The molecule has 0 saturated heterocycles. The fourth-order valence-electron chi connectivity index (χ4n) is 2.46. The van der Waals surface area contributed by atoms with Crippen molar-refractivity contribution in [1.82, 2.24) is 9.97 Å². The Hall–Kier alpha value is -3.20. The first-order valence-electron chi connectivity index (χ1n) is 8.26. The summed E-state index contributed by atoms with van der Waals surface area (Å²) in [5.41, 5.74) is 0.508. The lowest BCUT2D eigenvalue weighted by Gasteiger charge is -2.07. The van der Waals surface area contributed by atoms with Gasteiger partial charge in [-0.25, -0.2) is 23.5 Å². The molecule has 0 aliphatic carbocycles. The molecule has 0 aliphatic heterocycles. The van der Waals surface area contributed by atoms with Crippen LogP contribution in [0.1, 0.15) is 33.5 Å². The highest BCUT2D eigenvalue weighted by Gasteiger charge is 2.18. The van der Waals surface area contributed by atoms with E-state index in [0.717, 1.165) is 23.5 Å². The Bertz CT molecular complexity index is 1030. The molecule has 28 heavy (non-hydrogen) atoms. The summed E-state index contributed by atoms with van der Waals surface area (Å²) in [6, 6.07) is 6.37. The molecule has 0 spiro atoms. The fraction of sp³-hybridized carbons (Fsp3) is 0.158. The number of thiazole rings is 1. The number of anilines is 1. The van der Waals surface area contributed by atoms with E-state index in [9.17, 15) is 18.4 Å². The maximum absolute atomic E-state index is 13.9. The molecule has 6 nitrogen and oxygen atoms in total. The summed E-state index contributed by atoms with van der Waals surface area (Å²) in [6.45, 7) is 3.51. The van der Waals surface area contributed by atoms with Gasteiger partial charge in [-0.2, -0.15) is 0 Å². The normalized spacial score (nSPS) is 10.6. The van der Waals surface area contributed by atoms with Crippen LogP contribution in [0.3, 0.4) is 0 Å². The molecule has 0 atom stereocenters. The second-order valence-electron chi connectivity index (χ2n) is 5.64. The molecule has 0 unspecified atom stereocenters. The number of aromatic nitrogens is 2.